The van der Waals surface area contributed by atoms with Gasteiger partial charge < -0.3 is 10.5 Å². The van der Waals surface area contributed by atoms with E-state index in [4.69, 9.17) is 10.5 Å². The fourth-order valence-electron chi connectivity index (χ4n) is 1.43. The van der Waals surface area contributed by atoms with Crippen molar-refractivity contribution < 1.29 is 13.2 Å². The van der Waals surface area contributed by atoms with Crippen molar-refractivity contribution >= 4 is 15.8 Å². The zero-order valence-electron chi connectivity index (χ0n) is 11.5. The van der Waals surface area contributed by atoms with Crippen molar-refractivity contribution in [3.63, 3.8) is 0 Å². The maximum absolute atomic E-state index is 12.2. The Hall–Kier alpha value is -1.18. The highest BCUT2D eigenvalue weighted by Crippen LogP contribution is 2.12. The molecule has 0 fully saturated rings. The monoisotopic (exact) mass is 287 g/mol. The quantitative estimate of drug-likeness (QED) is 0.780. The summed E-state index contributed by atoms with van der Waals surface area (Å²) in [5.74, 6) is 0.414. The van der Waals surface area contributed by atoms with Crippen LogP contribution in [0.4, 0.5) is 5.82 Å². The molecule has 0 radical (unpaired) electrons. The molecule has 1 heterocycles. The Morgan fingerprint density at radius 2 is 2.11 bits per heavy atom. The number of rotatable bonds is 7. The number of hydrogen-bond donors (Lipinski definition) is 2. The van der Waals surface area contributed by atoms with Gasteiger partial charge in [0.15, 0.2) is 0 Å². The van der Waals surface area contributed by atoms with Crippen LogP contribution in [-0.4, -0.2) is 32.7 Å². The summed E-state index contributed by atoms with van der Waals surface area (Å²) >= 11 is 0. The number of nitrogens with zero attached hydrogens (tertiary/aromatic N) is 1. The van der Waals surface area contributed by atoms with Gasteiger partial charge in [0.1, 0.15) is 10.7 Å². The standard InChI is InChI=1S/C12H21N3O3S/c1-4-18-8-11(9(2)3)15-19(16,17)10-5-6-12(13)14-7-10/h5-7,9,11,15H,4,8H2,1-3H3,(H2,13,14). The van der Waals surface area contributed by atoms with Crippen molar-refractivity contribution in [2.24, 2.45) is 5.92 Å². The van der Waals surface area contributed by atoms with Crippen LogP contribution in [0.15, 0.2) is 23.2 Å². The van der Waals surface area contributed by atoms with Crippen LogP contribution < -0.4 is 10.5 Å². The molecule has 1 aromatic heterocycles. The molecule has 0 bridgehead atoms. The van der Waals surface area contributed by atoms with Crippen molar-refractivity contribution in [3.05, 3.63) is 18.3 Å². The summed E-state index contributed by atoms with van der Waals surface area (Å²) in [5.41, 5.74) is 5.44. The maximum Gasteiger partial charge on any atom is 0.242 e. The van der Waals surface area contributed by atoms with E-state index in [1.807, 2.05) is 20.8 Å². The lowest BCUT2D eigenvalue weighted by molar-refractivity contribution is 0.116. The topological polar surface area (TPSA) is 94.3 Å². The highest BCUT2D eigenvalue weighted by molar-refractivity contribution is 7.89. The summed E-state index contributed by atoms with van der Waals surface area (Å²) in [6.07, 6.45) is 1.25. The lowest BCUT2D eigenvalue weighted by Crippen LogP contribution is -2.41. The summed E-state index contributed by atoms with van der Waals surface area (Å²) < 4.78 is 32.3. The van der Waals surface area contributed by atoms with Crippen LogP contribution in [0, 0.1) is 5.92 Å². The molecule has 1 aromatic rings. The number of sulfonamides is 1. The molecular weight excluding hydrogens is 266 g/mol. The van der Waals surface area contributed by atoms with Crippen LogP contribution in [0.5, 0.6) is 0 Å². The zero-order valence-corrected chi connectivity index (χ0v) is 12.3. The molecule has 19 heavy (non-hydrogen) atoms. The molecule has 0 aliphatic carbocycles. The largest absolute Gasteiger partial charge is 0.384 e. The third-order valence-electron chi connectivity index (χ3n) is 2.68. The molecule has 0 aliphatic heterocycles. The number of anilines is 1. The molecule has 0 amide bonds. The fourth-order valence-corrected chi connectivity index (χ4v) is 2.74. The van der Waals surface area contributed by atoms with E-state index in [1.165, 1.54) is 18.3 Å². The average Bonchev–Trinajstić information content (AvgIpc) is 2.34. The van der Waals surface area contributed by atoms with Gasteiger partial charge in [-0.3, -0.25) is 0 Å². The van der Waals surface area contributed by atoms with Gasteiger partial charge in [-0.15, -0.1) is 0 Å². The van der Waals surface area contributed by atoms with E-state index in [0.717, 1.165) is 0 Å². The first kappa shape index (κ1) is 15.9. The van der Waals surface area contributed by atoms with E-state index >= 15 is 0 Å². The Morgan fingerprint density at radius 3 is 2.58 bits per heavy atom. The smallest absolute Gasteiger partial charge is 0.242 e. The Labute approximate surface area is 114 Å². The number of ether oxygens (including phenoxy) is 1. The SMILES string of the molecule is CCOCC(NS(=O)(=O)c1ccc(N)nc1)C(C)C. The molecule has 1 atom stereocenters. The summed E-state index contributed by atoms with van der Waals surface area (Å²) in [4.78, 5) is 3.89. The van der Waals surface area contributed by atoms with E-state index in [-0.39, 0.29) is 22.7 Å². The van der Waals surface area contributed by atoms with Crippen molar-refractivity contribution in [2.75, 3.05) is 18.9 Å². The molecule has 1 unspecified atom stereocenters. The van der Waals surface area contributed by atoms with Crippen LogP contribution in [0.25, 0.3) is 0 Å². The molecule has 0 saturated carbocycles. The van der Waals surface area contributed by atoms with Gasteiger partial charge in [-0.2, -0.15) is 0 Å². The molecule has 108 valence electrons. The summed E-state index contributed by atoms with van der Waals surface area (Å²) in [6.45, 7) is 6.64. The Balaban J connectivity index is 2.84. The first-order chi connectivity index (χ1) is 8.86. The Kier molecular flexibility index (Phi) is 5.71. The number of nitrogen functional groups attached to an aromatic ring is 1. The van der Waals surface area contributed by atoms with Crippen molar-refractivity contribution in [2.45, 2.75) is 31.7 Å². The molecule has 0 saturated heterocycles. The third-order valence-corrected chi connectivity index (χ3v) is 4.16. The number of nitrogens with two attached hydrogens (primary N) is 1. The van der Waals surface area contributed by atoms with Crippen molar-refractivity contribution in [1.82, 2.24) is 9.71 Å². The normalized spacial score (nSPS) is 13.7. The molecular formula is C12H21N3O3S. The van der Waals surface area contributed by atoms with E-state index in [9.17, 15) is 8.42 Å². The highest BCUT2D eigenvalue weighted by atomic mass is 32.2. The molecule has 7 heteroatoms. The van der Waals surface area contributed by atoms with Crippen molar-refractivity contribution in [1.29, 1.82) is 0 Å². The summed E-state index contributed by atoms with van der Waals surface area (Å²) in [6, 6.07) is 2.62. The van der Waals surface area contributed by atoms with Crippen LogP contribution >= 0.6 is 0 Å². The predicted molar refractivity (Wildman–Crippen MR) is 74.1 cm³/mol. The van der Waals surface area contributed by atoms with E-state index in [2.05, 4.69) is 9.71 Å². The fraction of sp³-hybridized carbons (Fsp3) is 0.583. The van der Waals surface area contributed by atoms with Gasteiger partial charge in [0.25, 0.3) is 0 Å². The third kappa shape index (κ3) is 4.77. The Morgan fingerprint density at radius 1 is 1.42 bits per heavy atom. The molecule has 0 spiro atoms. The average molecular weight is 287 g/mol. The number of pyridine rings is 1. The van der Waals surface area contributed by atoms with Gasteiger partial charge in [-0.25, -0.2) is 18.1 Å². The first-order valence-electron chi connectivity index (χ1n) is 6.18. The van der Waals surface area contributed by atoms with Gasteiger partial charge in [0, 0.05) is 18.8 Å². The molecule has 3 N–H and O–H groups in total. The van der Waals surface area contributed by atoms with E-state index in [0.29, 0.717) is 13.2 Å². The van der Waals surface area contributed by atoms with Gasteiger partial charge in [-0.05, 0) is 25.0 Å². The molecule has 6 nitrogen and oxygen atoms in total. The Bertz CT molecular complexity index is 485. The second-order valence-electron chi connectivity index (χ2n) is 4.55. The number of aromatic nitrogens is 1. The van der Waals surface area contributed by atoms with Gasteiger partial charge in [0.2, 0.25) is 10.0 Å². The highest BCUT2D eigenvalue weighted by Gasteiger charge is 2.22. The zero-order chi connectivity index (χ0) is 14.5. The van der Waals surface area contributed by atoms with Crippen molar-refractivity contribution in [3.8, 4) is 0 Å². The lowest BCUT2D eigenvalue weighted by atomic mass is 10.1. The summed E-state index contributed by atoms with van der Waals surface area (Å²) in [7, 11) is -3.60. The number of nitrogens with one attached hydrogen (secondary N) is 1. The van der Waals surface area contributed by atoms with Gasteiger partial charge in [0.05, 0.1) is 6.61 Å². The molecule has 1 rings (SSSR count). The van der Waals surface area contributed by atoms with E-state index in [1.54, 1.807) is 0 Å². The molecule has 0 aromatic carbocycles. The second kappa shape index (κ2) is 6.83. The van der Waals surface area contributed by atoms with Gasteiger partial charge >= 0.3 is 0 Å². The van der Waals surface area contributed by atoms with Crippen LogP contribution in [-0.2, 0) is 14.8 Å². The minimum atomic E-state index is -3.60. The lowest BCUT2D eigenvalue weighted by Gasteiger charge is -2.21. The minimum absolute atomic E-state index is 0.101. The van der Waals surface area contributed by atoms with Crippen LogP contribution in [0.3, 0.4) is 0 Å². The maximum atomic E-state index is 12.2. The van der Waals surface area contributed by atoms with E-state index < -0.39 is 10.0 Å². The minimum Gasteiger partial charge on any atom is -0.384 e. The van der Waals surface area contributed by atoms with Gasteiger partial charge in [-0.1, -0.05) is 13.8 Å². The second-order valence-corrected chi connectivity index (χ2v) is 6.26. The van der Waals surface area contributed by atoms with Crippen LogP contribution in [0.1, 0.15) is 20.8 Å². The predicted octanol–water partition coefficient (Wildman–Crippen LogP) is 1.00. The van der Waals surface area contributed by atoms with Crippen LogP contribution in [0.2, 0.25) is 0 Å². The molecule has 0 aliphatic rings. The number of hydrogen-bond acceptors (Lipinski definition) is 5. The summed E-state index contributed by atoms with van der Waals surface area (Å²) in [5, 5.41) is 0. The first-order valence-corrected chi connectivity index (χ1v) is 7.66.